The van der Waals surface area contributed by atoms with E-state index in [9.17, 15) is 4.79 Å². The smallest absolute Gasteiger partial charge is 0.313 e. The van der Waals surface area contributed by atoms with Gasteiger partial charge in [0.15, 0.2) is 16.3 Å². The number of hydrogen-bond acceptors (Lipinski definition) is 5. The summed E-state index contributed by atoms with van der Waals surface area (Å²) in [4.78, 5) is 12.7. The Morgan fingerprint density at radius 3 is 2.17 bits per heavy atom. The Kier molecular flexibility index (Phi) is 9.50. The van der Waals surface area contributed by atoms with Crippen LogP contribution in [0.1, 0.15) is 108 Å². The molecule has 1 aromatic carbocycles. The molecule has 0 aliphatic heterocycles. The minimum absolute atomic E-state index is 0.0426. The average molecular weight is 584 g/mol. The lowest BCUT2D eigenvalue weighted by Crippen LogP contribution is -2.54. The SMILES string of the molecule is CCCCn1cc(CC)cc1-c1cc2ccc(OC(C)(S)C(C)(C)OC(=O)C(C)(CC(C)(C)C)C(C)(C)C)cc2o1. The summed E-state index contributed by atoms with van der Waals surface area (Å²) < 4.78 is 21.3. The number of nitrogens with zero attached hydrogens (tertiary/aromatic N) is 1. The monoisotopic (exact) mass is 583 g/mol. The van der Waals surface area contributed by atoms with Crippen molar-refractivity contribution in [2.45, 2.75) is 126 Å². The van der Waals surface area contributed by atoms with Crippen LogP contribution >= 0.6 is 12.6 Å². The van der Waals surface area contributed by atoms with Crippen molar-refractivity contribution in [2.24, 2.45) is 16.2 Å². The van der Waals surface area contributed by atoms with Crippen molar-refractivity contribution in [3.05, 3.63) is 42.1 Å². The van der Waals surface area contributed by atoms with Crippen molar-refractivity contribution in [2.75, 3.05) is 0 Å². The van der Waals surface area contributed by atoms with E-state index in [1.54, 1.807) is 0 Å². The van der Waals surface area contributed by atoms with Gasteiger partial charge >= 0.3 is 5.97 Å². The fourth-order valence-electron chi connectivity index (χ4n) is 5.18. The third-order valence-electron chi connectivity index (χ3n) is 8.63. The average Bonchev–Trinajstić information content (AvgIpc) is 3.43. The van der Waals surface area contributed by atoms with Gasteiger partial charge in [-0.1, -0.05) is 61.8 Å². The maximum absolute atomic E-state index is 13.8. The van der Waals surface area contributed by atoms with Gasteiger partial charge in [0, 0.05) is 24.2 Å². The van der Waals surface area contributed by atoms with Gasteiger partial charge in [-0.2, -0.15) is 0 Å². The van der Waals surface area contributed by atoms with Gasteiger partial charge in [-0.15, -0.1) is 12.6 Å². The number of benzene rings is 1. The number of fused-ring (bicyclic) bond motifs is 1. The Morgan fingerprint density at radius 1 is 0.951 bits per heavy atom. The van der Waals surface area contributed by atoms with E-state index in [1.165, 1.54) is 5.56 Å². The van der Waals surface area contributed by atoms with E-state index in [1.807, 2.05) is 45.9 Å². The van der Waals surface area contributed by atoms with E-state index in [2.05, 4.69) is 78.3 Å². The zero-order chi connectivity index (χ0) is 31.0. The maximum Gasteiger partial charge on any atom is 0.313 e. The second kappa shape index (κ2) is 11.7. The lowest BCUT2D eigenvalue weighted by atomic mass is 9.61. The number of rotatable bonds is 11. The number of ether oxygens (including phenoxy) is 2. The van der Waals surface area contributed by atoms with Crippen LogP contribution in [0.2, 0.25) is 0 Å². The Labute approximate surface area is 253 Å². The number of unbranched alkanes of at least 4 members (excludes halogenated alkanes) is 1. The van der Waals surface area contributed by atoms with Gasteiger partial charge in [0.25, 0.3) is 0 Å². The van der Waals surface area contributed by atoms with Crippen LogP contribution in [0.3, 0.4) is 0 Å². The minimum atomic E-state index is -1.11. The van der Waals surface area contributed by atoms with E-state index in [-0.39, 0.29) is 16.8 Å². The number of esters is 1. The quantitative estimate of drug-likeness (QED) is 0.139. The lowest BCUT2D eigenvalue weighted by Gasteiger charge is -2.47. The summed E-state index contributed by atoms with van der Waals surface area (Å²) in [7, 11) is 0. The summed E-state index contributed by atoms with van der Waals surface area (Å²) in [6.45, 7) is 25.7. The van der Waals surface area contributed by atoms with Crippen LogP contribution in [-0.2, 0) is 22.5 Å². The van der Waals surface area contributed by atoms with Gasteiger partial charge in [0.1, 0.15) is 11.3 Å². The molecule has 2 heterocycles. The first-order valence-corrected chi connectivity index (χ1v) is 15.6. The highest BCUT2D eigenvalue weighted by Gasteiger charge is 2.52. The van der Waals surface area contributed by atoms with E-state index in [0.29, 0.717) is 12.2 Å². The van der Waals surface area contributed by atoms with Crippen LogP contribution in [0.4, 0.5) is 0 Å². The number of carbonyl (C=O) groups is 1. The zero-order valence-corrected chi connectivity index (χ0v) is 28.4. The summed E-state index contributed by atoms with van der Waals surface area (Å²) in [5.74, 6) is 1.21. The summed E-state index contributed by atoms with van der Waals surface area (Å²) in [6.07, 6.45) is 6.17. The highest BCUT2D eigenvalue weighted by molar-refractivity contribution is 7.81. The van der Waals surface area contributed by atoms with E-state index in [4.69, 9.17) is 26.5 Å². The highest BCUT2D eigenvalue weighted by Crippen LogP contribution is 2.49. The standard InChI is InChI=1S/C35H53NO4S/c1-13-15-18-36-22-24(14-2)19-27(36)29-20-25-16-17-26(21-28(25)38-29)39-35(12,41)33(9,10)40-30(37)34(11,32(6,7)8)23-31(3,4)5/h16-17,19-22,41H,13-15,18,23H2,1-12H3. The van der Waals surface area contributed by atoms with Crippen molar-refractivity contribution in [3.8, 4) is 17.2 Å². The van der Waals surface area contributed by atoms with Crippen molar-refractivity contribution >= 4 is 29.6 Å². The number of furan rings is 1. The number of hydrogen-bond donors (Lipinski definition) is 1. The summed E-state index contributed by atoms with van der Waals surface area (Å²) in [5, 5.41) is 1.00. The molecular formula is C35H53NO4S. The molecule has 3 rings (SSSR count). The van der Waals surface area contributed by atoms with Gasteiger partial charge in [-0.25, -0.2) is 0 Å². The van der Waals surface area contributed by atoms with Crippen LogP contribution < -0.4 is 4.74 Å². The normalized spacial score (nSPS) is 15.9. The summed E-state index contributed by atoms with van der Waals surface area (Å²) in [5.41, 5.74) is 1.07. The minimum Gasteiger partial charge on any atom is -0.473 e. The molecular weight excluding hydrogens is 530 g/mol. The molecule has 0 saturated carbocycles. The fourth-order valence-corrected chi connectivity index (χ4v) is 5.33. The number of thiol groups is 1. The second-order valence-electron chi connectivity index (χ2n) is 14.7. The molecule has 2 unspecified atom stereocenters. The molecule has 0 bridgehead atoms. The molecule has 5 nitrogen and oxygen atoms in total. The molecule has 0 fully saturated rings. The first kappa shape index (κ1) is 33.2. The molecule has 0 amide bonds. The van der Waals surface area contributed by atoms with Crippen molar-refractivity contribution in [3.63, 3.8) is 0 Å². The predicted octanol–water partition coefficient (Wildman–Crippen LogP) is 10.1. The van der Waals surface area contributed by atoms with Crippen molar-refractivity contribution in [1.82, 2.24) is 4.57 Å². The van der Waals surface area contributed by atoms with Crippen LogP contribution in [0.15, 0.2) is 40.9 Å². The van der Waals surface area contributed by atoms with Crippen LogP contribution in [-0.4, -0.2) is 21.1 Å². The largest absolute Gasteiger partial charge is 0.473 e. The van der Waals surface area contributed by atoms with Gasteiger partial charge in [0.2, 0.25) is 0 Å². The molecule has 3 aromatic rings. The van der Waals surface area contributed by atoms with Gasteiger partial charge in [-0.05, 0) is 87.6 Å². The highest BCUT2D eigenvalue weighted by atomic mass is 32.1. The van der Waals surface area contributed by atoms with E-state index in [0.717, 1.165) is 48.2 Å². The summed E-state index contributed by atoms with van der Waals surface area (Å²) in [6, 6.07) is 10.1. The van der Waals surface area contributed by atoms with Gasteiger partial charge < -0.3 is 18.5 Å². The fraction of sp³-hybridized carbons (Fsp3) is 0.629. The molecule has 0 aliphatic rings. The van der Waals surface area contributed by atoms with E-state index >= 15 is 0 Å². The third kappa shape index (κ3) is 7.36. The molecule has 6 heteroatoms. The lowest BCUT2D eigenvalue weighted by molar-refractivity contribution is -0.188. The molecule has 0 spiro atoms. The number of aromatic nitrogens is 1. The topological polar surface area (TPSA) is 53.6 Å². The molecule has 228 valence electrons. The molecule has 0 N–H and O–H groups in total. The molecule has 2 atom stereocenters. The Hall–Kier alpha value is -2.34. The van der Waals surface area contributed by atoms with Crippen LogP contribution in [0, 0.1) is 16.2 Å². The first-order valence-electron chi connectivity index (χ1n) is 15.1. The maximum atomic E-state index is 13.8. The molecule has 41 heavy (non-hydrogen) atoms. The molecule has 0 saturated heterocycles. The van der Waals surface area contributed by atoms with Crippen molar-refractivity contribution in [1.29, 1.82) is 0 Å². The van der Waals surface area contributed by atoms with Gasteiger partial charge in [-0.3, -0.25) is 4.79 Å². The molecule has 0 radical (unpaired) electrons. The Bertz CT molecular complexity index is 1350. The zero-order valence-electron chi connectivity index (χ0n) is 27.5. The van der Waals surface area contributed by atoms with E-state index < -0.39 is 15.9 Å². The van der Waals surface area contributed by atoms with Crippen LogP contribution in [0.25, 0.3) is 22.4 Å². The first-order chi connectivity index (χ1) is 18.7. The Balaban J connectivity index is 1.86. The predicted molar refractivity (Wildman–Crippen MR) is 174 cm³/mol. The molecule has 0 aliphatic carbocycles. The van der Waals surface area contributed by atoms with Crippen LogP contribution in [0.5, 0.6) is 5.75 Å². The second-order valence-corrected chi connectivity index (χ2v) is 15.6. The summed E-state index contributed by atoms with van der Waals surface area (Å²) >= 11 is 4.89. The Morgan fingerprint density at radius 2 is 1.61 bits per heavy atom. The number of carbonyl (C=O) groups excluding carboxylic acids is 1. The molecule has 2 aromatic heterocycles. The third-order valence-corrected chi connectivity index (χ3v) is 9.26. The van der Waals surface area contributed by atoms with Gasteiger partial charge in [0.05, 0.1) is 11.1 Å². The van der Waals surface area contributed by atoms with Crippen molar-refractivity contribution < 1.29 is 18.7 Å². The number of aryl methyl sites for hydroxylation is 2.